The number of hydrogen-bond donors (Lipinski definition) is 0. The van der Waals surface area contributed by atoms with E-state index in [4.69, 9.17) is 0 Å². The molecule has 4 nitrogen and oxygen atoms in total. The van der Waals surface area contributed by atoms with Gasteiger partial charge in [-0.1, -0.05) is 38.1 Å². The van der Waals surface area contributed by atoms with Gasteiger partial charge in [-0.25, -0.2) is 0 Å². The molecular formula is C23H30N2O2. The number of amides is 2. The first-order valence-electron chi connectivity index (χ1n) is 10.5. The Morgan fingerprint density at radius 1 is 1.07 bits per heavy atom. The lowest BCUT2D eigenvalue weighted by atomic mass is 9.83. The number of nitrogens with zero attached hydrogens (tertiary/aromatic N) is 2. The molecule has 0 saturated heterocycles. The predicted octanol–water partition coefficient (Wildman–Crippen LogP) is 4.46. The molecule has 0 unspecified atom stereocenters. The zero-order valence-corrected chi connectivity index (χ0v) is 16.3. The van der Waals surface area contributed by atoms with Gasteiger partial charge in [-0.3, -0.25) is 9.59 Å². The number of carbonyl (C=O) groups is 2. The molecule has 2 aliphatic carbocycles. The number of benzene rings is 1. The summed E-state index contributed by atoms with van der Waals surface area (Å²) in [6, 6.07) is 8.42. The molecule has 0 atom stereocenters. The average molecular weight is 367 g/mol. The van der Waals surface area contributed by atoms with E-state index in [0.717, 1.165) is 42.9 Å². The van der Waals surface area contributed by atoms with Crippen molar-refractivity contribution in [1.29, 1.82) is 0 Å². The highest BCUT2D eigenvalue weighted by molar-refractivity contribution is 6.08. The van der Waals surface area contributed by atoms with Gasteiger partial charge in [0.1, 0.15) is 0 Å². The minimum Gasteiger partial charge on any atom is -0.337 e. The average Bonchev–Trinajstić information content (AvgIpc) is 3.49. The summed E-state index contributed by atoms with van der Waals surface area (Å²) in [5.41, 5.74) is 2.32. The van der Waals surface area contributed by atoms with Crippen LogP contribution in [0.2, 0.25) is 0 Å². The quantitative estimate of drug-likeness (QED) is 0.746. The van der Waals surface area contributed by atoms with Gasteiger partial charge in [0.2, 0.25) is 5.91 Å². The summed E-state index contributed by atoms with van der Waals surface area (Å²) in [4.78, 5) is 29.6. The summed E-state index contributed by atoms with van der Waals surface area (Å²) in [5.74, 6) is 1.03. The fourth-order valence-electron chi connectivity index (χ4n) is 4.80. The molecule has 1 aromatic rings. The first kappa shape index (κ1) is 18.3. The van der Waals surface area contributed by atoms with Crippen molar-refractivity contribution < 1.29 is 9.59 Å². The van der Waals surface area contributed by atoms with Crippen molar-refractivity contribution in [1.82, 2.24) is 9.80 Å². The molecule has 144 valence electrons. The molecule has 3 aliphatic rings. The summed E-state index contributed by atoms with van der Waals surface area (Å²) < 4.78 is 0. The smallest absolute Gasteiger partial charge is 0.258 e. The summed E-state index contributed by atoms with van der Waals surface area (Å²) in [5, 5.41) is 0. The van der Waals surface area contributed by atoms with E-state index in [2.05, 4.69) is 18.4 Å². The molecule has 1 aromatic carbocycles. The molecule has 4 heteroatoms. The van der Waals surface area contributed by atoms with Crippen LogP contribution in [0.5, 0.6) is 0 Å². The molecule has 2 saturated carbocycles. The van der Waals surface area contributed by atoms with Crippen molar-refractivity contribution in [3.63, 3.8) is 0 Å². The van der Waals surface area contributed by atoms with Gasteiger partial charge in [-0.15, -0.1) is 0 Å². The van der Waals surface area contributed by atoms with Crippen LogP contribution < -0.4 is 0 Å². The number of carbonyl (C=O) groups excluding carboxylic acids is 2. The molecule has 0 aromatic heterocycles. The van der Waals surface area contributed by atoms with Crippen LogP contribution >= 0.6 is 0 Å². The van der Waals surface area contributed by atoms with E-state index in [1.54, 1.807) is 4.90 Å². The first-order valence-corrected chi connectivity index (χ1v) is 10.5. The predicted molar refractivity (Wildman–Crippen MR) is 107 cm³/mol. The van der Waals surface area contributed by atoms with Gasteiger partial charge in [-0.2, -0.15) is 0 Å². The van der Waals surface area contributed by atoms with Crippen molar-refractivity contribution >= 4 is 17.5 Å². The largest absolute Gasteiger partial charge is 0.337 e. The molecule has 2 amide bonds. The normalized spacial score (nSPS) is 24.9. The Morgan fingerprint density at radius 3 is 2.22 bits per heavy atom. The lowest BCUT2D eigenvalue weighted by molar-refractivity contribution is -0.135. The monoisotopic (exact) mass is 366 g/mol. The Balaban J connectivity index is 1.38. The molecule has 1 heterocycles. The molecule has 0 spiro atoms. The van der Waals surface area contributed by atoms with Gasteiger partial charge in [0, 0.05) is 41.9 Å². The second-order valence-corrected chi connectivity index (χ2v) is 8.31. The van der Waals surface area contributed by atoms with E-state index < -0.39 is 0 Å². The van der Waals surface area contributed by atoms with E-state index in [9.17, 15) is 9.59 Å². The number of fused-ring (bicyclic) bond motifs is 1. The molecule has 0 radical (unpaired) electrons. The second-order valence-electron chi connectivity index (χ2n) is 8.31. The van der Waals surface area contributed by atoms with Crippen LogP contribution in [0.25, 0.3) is 5.70 Å². The third-order valence-corrected chi connectivity index (χ3v) is 6.60. The highest BCUT2D eigenvalue weighted by Crippen LogP contribution is 2.37. The highest BCUT2D eigenvalue weighted by atomic mass is 16.2. The van der Waals surface area contributed by atoms with E-state index in [-0.39, 0.29) is 11.8 Å². The number of hydrogen-bond acceptors (Lipinski definition) is 2. The standard InChI is InChI=1S/C23H30N2O2/c1-3-17-8-10-18(11-9-17)25(19-12-13-19)22(26)14-15-24-16(2)20-6-4-5-7-21(20)23(24)27/h4-7,17-19H,2-3,8-15H2,1H3. The molecule has 4 rings (SSSR count). The van der Waals surface area contributed by atoms with E-state index in [0.29, 0.717) is 30.6 Å². The van der Waals surface area contributed by atoms with Crippen molar-refractivity contribution in [3.05, 3.63) is 42.0 Å². The van der Waals surface area contributed by atoms with Crippen LogP contribution in [-0.4, -0.2) is 40.2 Å². The fourth-order valence-corrected chi connectivity index (χ4v) is 4.80. The van der Waals surface area contributed by atoms with E-state index in [1.165, 1.54) is 19.3 Å². The molecule has 0 bridgehead atoms. The minimum absolute atomic E-state index is 0.0233. The molecular weight excluding hydrogens is 336 g/mol. The first-order chi connectivity index (χ1) is 13.1. The van der Waals surface area contributed by atoms with Gasteiger partial charge < -0.3 is 9.80 Å². The van der Waals surface area contributed by atoms with Crippen molar-refractivity contribution in [2.24, 2.45) is 5.92 Å². The SMILES string of the molecule is C=C1c2ccccc2C(=O)N1CCC(=O)N(C1CCC(CC)CC1)C1CC1. The maximum atomic E-state index is 13.1. The summed E-state index contributed by atoms with van der Waals surface area (Å²) >= 11 is 0. The molecule has 1 aliphatic heterocycles. The van der Waals surface area contributed by atoms with Gasteiger partial charge in [0.25, 0.3) is 5.91 Å². The summed E-state index contributed by atoms with van der Waals surface area (Å²) in [7, 11) is 0. The Hall–Kier alpha value is -2.10. The minimum atomic E-state index is -0.0233. The third kappa shape index (κ3) is 3.54. The van der Waals surface area contributed by atoms with Gasteiger partial charge in [0.15, 0.2) is 0 Å². The number of rotatable bonds is 6. The fraction of sp³-hybridized carbons (Fsp3) is 0.565. The third-order valence-electron chi connectivity index (χ3n) is 6.60. The van der Waals surface area contributed by atoms with E-state index in [1.807, 2.05) is 24.3 Å². The molecule has 27 heavy (non-hydrogen) atoms. The van der Waals surface area contributed by atoms with Crippen LogP contribution in [0, 0.1) is 5.92 Å². The van der Waals surface area contributed by atoms with Crippen molar-refractivity contribution in [3.8, 4) is 0 Å². The Labute approximate surface area is 162 Å². The van der Waals surface area contributed by atoms with Crippen LogP contribution in [0.15, 0.2) is 30.8 Å². The summed E-state index contributed by atoms with van der Waals surface area (Å²) in [6.07, 6.45) is 8.69. The molecule has 0 N–H and O–H groups in total. The maximum Gasteiger partial charge on any atom is 0.258 e. The van der Waals surface area contributed by atoms with E-state index >= 15 is 0 Å². The summed E-state index contributed by atoms with van der Waals surface area (Å²) in [6.45, 7) is 6.79. The van der Waals surface area contributed by atoms with Crippen molar-refractivity contribution in [2.45, 2.75) is 70.4 Å². The van der Waals surface area contributed by atoms with Crippen molar-refractivity contribution in [2.75, 3.05) is 6.54 Å². The Bertz CT molecular complexity index is 710. The lowest BCUT2D eigenvalue weighted by Gasteiger charge is -2.37. The van der Waals surface area contributed by atoms with Gasteiger partial charge in [-0.05, 0) is 50.5 Å². The zero-order chi connectivity index (χ0) is 19.0. The lowest BCUT2D eigenvalue weighted by Crippen LogP contribution is -2.44. The zero-order valence-electron chi connectivity index (χ0n) is 16.3. The second kappa shape index (κ2) is 7.49. The van der Waals surface area contributed by atoms with Gasteiger partial charge in [0.05, 0.1) is 0 Å². The Kier molecular flexibility index (Phi) is 5.07. The Morgan fingerprint density at radius 2 is 1.67 bits per heavy atom. The van der Waals surface area contributed by atoms with Crippen LogP contribution in [-0.2, 0) is 4.79 Å². The van der Waals surface area contributed by atoms with Crippen LogP contribution in [0.4, 0.5) is 0 Å². The van der Waals surface area contributed by atoms with Gasteiger partial charge >= 0.3 is 0 Å². The maximum absolute atomic E-state index is 13.1. The highest BCUT2D eigenvalue weighted by Gasteiger charge is 2.39. The van der Waals surface area contributed by atoms with Crippen LogP contribution in [0.1, 0.15) is 74.2 Å². The van der Waals surface area contributed by atoms with Crippen LogP contribution in [0.3, 0.4) is 0 Å². The topological polar surface area (TPSA) is 40.6 Å². The molecule has 2 fully saturated rings.